The van der Waals surface area contributed by atoms with Crippen molar-refractivity contribution in [2.45, 2.75) is 13.3 Å². The van der Waals surface area contributed by atoms with Gasteiger partial charge >= 0.3 is 5.97 Å². The standard InChI is InChI=1S/C13H11BrClFN2O2S/c1-2-20-11(19)5-8-6-21-13(17-8)18-12-9(14)3-7(16)4-10(12)15/h3-4,6H,2,5H2,1H3,(H,17,18). The van der Waals surface area contributed by atoms with Crippen molar-refractivity contribution in [3.05, 3.63) is 38.5 Å². The Balaban J connectivity index is 2.11. The van der Waals surface area contributed by atoms with Crippen LogP contribution in [0.25, 0.3) is 0 Å². The van der Waals surface area contributed by atoms with Crippen molar-refractivity contribution in [3.63, 3.8) is 0 Å². The average molecular weight is 394 g/mol. The minimum Gasteiger partial charge on any atom is -0.466 e. The Morgan fingerprint density at radius 3 is 3.00 bits per heavy atom. The van der Waals surface area contributed by atoms with Crippen LogP contribution in [0.1, 0.15) is 12.6 Å². The van der Waals surface area contributed by atoms with E-state index in [2.05, 4.69) is 26.2 Å². The van der Waals surface area contributed by atoms with Crippen LogP contribution in [0.4, 0.5) is 15.2 Å². The van der Waals surface area contributed by atoms with E-state index < -0.39 is 5.82 Å². The molecule has 2 rings (SSSR count). The van der Waals surface area contributed by atoms with E-state index in [9.17, 15) is 9.18 Å². The van der Waals surface area contributed by atoms with Crippen molar-refractivity contribution >= 4 is 55.7 Å². The number of ether oxygens (including phenoxy) is 1. The number of halogens is 3. The van der Waals surface area contributed by atoms with Crippen molar-refractivity contribution in [2.75, 3.05) is 11.9 Å². The highest BCUT2D eigenvalue weighted by atomic mass is 79.9. The molecule has 0 saturated carbocycles. The smallest absolute Gasteiger partial charge is 0.311 e. The normalized spacial score (nSPS) is 10.5. The van der Waals surface area contributed by atoms with Crippen LogP contribution in [0.5, 0.6) is 0 Å². The van der Waals surface area contributed by atoms with Crippen molar-refractivity contribution in [1.82, 2.24) is 4.98 Å². The van der Waals surface area contributed by atoms with E-state index >= 15 is 0 Å². The molecule has 0 aliphatic rings. The minimum absolute atomic E-state index is 0.115. The molecule has 1 N–H and O–H groups in total. The zero-order valence-corrected chi connectivity index (χ0v) is 14.1. The van der Waals surface area contributed by atoms with Crippen LogP contribution >= 0.6 is 38.9 Å². The van der Waals surface area contributed by atoms with Gasteiger partial charge in [0.15, 0.2) is 5.13 Å². The molecule has 2 aromatic rings. The molecule has 0 atom stereocenters. The third-order valence-electron chi connectivity index (χ3n) is 2.42. The van der Waals surface area contributed by atoms with Gasteiger partial charge in [-0.3, -0.25) is 4.79 Å². The average Bonchev–Trinajstić information content (AvgIpc) is 2.81. The van der Waals surface area contributed by atoms with Crippen molar-refractivity contribution in [2.24, 2.45) is 0 Å². The summed E-state index contributed by atoms with van der Waals surface area (Å²) in [6, 6.07) is 2.52. The van der Waals surface area contributed by atoms with Crippen molar-refractivity contribution in [1.29, 1.82) is 0 Å². The summed E-state index contributed by atoms with van der Waals surface area (Å²) in [7, 11) is 0. The van der Waals surface area contributed by atoms with E-state index in [0.717, 1.165) is 0 Å². The molecule has 0 amide bonds. The van der Waals surface area contributed by atoms with Gasteiger partial charge in [0.1, 0.15) is 5.82 Å². The van der Waals surface area contributed by atoms with E-state index in [0.29, 0.717) is 27.6 Å². The van der Waals surface area contributed by atoms with Crippen LogP contribution in [0.2, 0.25) is 5.02 Å². The van der Waals surface area contributed by atoms with Gasteiger partial charge < -0.3 is 10.1 Å². The molecule has 21 heavy (non-hydrogen) atoms. The molecule has 0 radical (unpaired) electrons. The molecule has 0 aliphatic carbocycles. The first kappa shape index (κ1) is 16.2. The Labute approximate surface area is 138 Å². The molecular weight excluding hydrogens is 383 g/mol. The molecule has 1 aromatic heterocycles. The van der Waals surface area contributed by atoms with Gasteiger partial charge in [0.2, 0.25) is 0 Å². The lowest BCUT2D eigenvalue weighted by molar-refractivity contribution is -0.142. The van der Waals surface area contributed by atoms with E-state index in [1.165, 1.54) is 23.5 Å². The maximum atomic E-state index is 13.2. The molecule has 8 heteroatoms. The lowest BCUT2D eigenvalue weighted by Gasteiger charge is -2.08. The number of carbonyl (C=O) groups is 1. The second-order valence-electron chi connectivity index (χ2n) is 4.00. The number of benzene rings is 1. The first-order valence-electron chi connectivity index (χ1n) is 6.01. The fourth-order valence-corrected chi connectivity index (χ4v) is 3.19. The quantitative estimate of drug-likeness (QED) is 0.757. The highest BCUT2D eigenvalue weighted by Gasteiger charge is 2.12. The topological polar surface area (TPSA) is 51.2 Å². The Morgan fingerprint density at radius 2 is 2.33 bits per heavy atom. The third kappa shape index (κ3) is 4.39. The van der Waals surface area contributed by atoms with Crippen molar-refractivity contribution < 1.29 is 13.9 Å². The fourth-order valence-electron chi connectivity index (χ4n) is 1.57. The minimum atomic E-state index is -0.431. The van der Waals surface area contributed by atoms with E-state index in [1.54, 1.807) is 12.3 Å². The lowest BCUT2D eigenvalue weighted by Crippen LogP contribution is -2.07. The van der Waals surface area contributed by atoms with E-state index in [-0.39, 0.29) is 17.4 Å². The summed E-state index contributed by atoms with van der Waals surface area (Å²) in [4.78, 5) is 15.6. The SMILES string of the molecule is CCOC(=O)Cc1csc(Nc2c(Cl)cc(F)cc2Br)n1. The maximum absolute atomic E-state index is 13.2. The van der Waals surface area contributed by atoms with Gasteiger partial charge in [-0.2, -0.15) is 0 Å². The van der Waals surface area contributed by atoms with E-state index in [4.69, 9.17) is 16.3 Å². The van der Waals surface area contributed by atoms with Crippen LogP contribution in [-0.4, -0.2) is 17.6 Å². The second kappa shape index (κ2) is 7.20. The van der Waals surface area contributed by atoms with Crippen LogP contribution < -0.4 is 5.32 Å². The number of carbonyl (C=O) groups excluding carboxylic acids is 1. The van der Waals surface area contributed by atoms with Crippen LogP contribution in [0.15, 0.2) is 22.0 Å². The number of nitrogens with zero attached hydrogens (tertiary/aromatic N) is 1. The lowest BCUT2D eigenvalue weighted by atomic mass is 10.3. The molecule has 0 bridgehead atoms. The van der Waals surface area contributed by atoms with Gasteiger partial charge in [0.05, 0.1) is 29.4 Å². The molecule has 0 saturated heterocycles. The summed E-state index contributed by atoms with van der Waals surface area (Å²) in [5.74, 6) is -0.755. The fraction of sp³-hybridized carbons (Fsp3) is 0.231. The number of esters is 1. The van der Waals surface area contributed by atoms with Crippen molar-refractivity contribution in [3.8, 4) is 0 Å². The number of hydrogen-bond acceptors (Lipinski definition) is 5. The van der Waals surface area contributed by atoms with Crippen LogP contribution in [-0.2, 0) is 16.0 Å². The highest BCUT2D eigenvalue weighted by Crippen LogP contribution is 2.34. The zero-order valence-electron chi connectivity index (χ0n) is 11.0. The number of nitrogens with one attached hydrogen (secondary N) is 1. The van der Waals surface area contributed by atoms with Gasteiger partial charge in [0.25, 0.3) is 0 Å². The number of hydrogen-bond donors (Lipinski definition) is 1. The second-order valence-corrected chi connectivity index (χ2v) is 6.11. The molecular formula is C13H11BrClFN2O2S. The summed E-state index contributed by atoms with van der Waals surface area (Å²) in [5, 5.41) is 5.56. The Bertz CT molecular complexity index is 642. The summed E-state index contributed by atoms with van der Waals surface area (Å²) in [6.07, 6.45) is 0.115. The predicted molar refractivity (Wildman–Crippen MR) is 84.8 cm³/mol. The monoisotopic (exact) mass is 392 g/mol. The summed E-state index contributed by atoms with van der Waals surface area (Å²) >= 11 is 10.5. The van der Waals surface area contributed by atoms with Crippen LogP contribution in [0, 0.1) is 5.82 Å². The molecule has 0 aliphatic heterocycles. The summed E-state index contributed by atoms with van der Waals surface area (Å²) in [5.41, 5.74) is 1.13. The van der Waals surface area contributed by atoms with Gasteiger partial charge in [-0.15, -0.1) is 11.3 Å². The van der Waals surface area contributed by atoms with Gasteiger partial charge in [0, 0.05) is 9.85 Å². The van der Waals surface area contributed by atoms with Gasteiger partial charge in [-0.1, -0.05) is 11.6 Å². The maximum Gasteiger partial charge on any atom is 0.311 e. The Hall–Kier alpha value is -1.18. The number of anilines is 2. The summed E-state index contributed by atoms with van der Waals surface area (Å²) < 4.78 is 18.5. The van der Waals surface area contributed by atoms with E-state index in [1.807, 2.05) is 0 Å². The molecule has 0 unspecified atom stereocenters. The number of thiazole rings is 1. The van der Waals surface area contributed by atoms with Gasteiger partial charge in [-0.25, -0.2) is 9.37 Å². The zero-order chi connectivity index (χ0) is 15.4. The third-order valence-corrected chi connectivity index (χ3v) is 4.15. The molecule has 1 aromatic carbocycles. The predicted octanol–water partition coefficient (Wildman–Crippen LogP) is 4.55. The molecule has 0 fully saturated rings. The first-order chi connectivity index (χ1) is 9.99. The molecule has 1 heterocycles. The number of rotatable bonds is 5. The number of aromatic nitrogens is 1. The van der Waals surface area contributed by atoms with Gasteiger partial charge in [-0.05, 0) is 35.0 Å². The Kier molecular flexibility index (Phi) is 5.55. The Morgan fingerprint density at radius 1 is 1.57 bits per heavy atom. The molecule has 4 nitrogen and oxygen atoms in total. The first-order valence-corrected chi connectivity index (χ1v) is 8.06. The largest absolute Gasteiger partial charge is 0.466 e. The van der Waals surface area contributed by atoms with Crippen LogP contribution in [0.3, 0.4) is 0 Å². The summed E-state index contributed by atoms with van der Waals surface area (Å²) in [6.45, 7) is 2.09. The molecule has 0 spiro atoms. The molecule has 112 valence electrons. The highest BCUT2D eigenvalue weighted by molar-refractivity contribution is 9.10.